The van der Waals surface area contributed by atoms with E-state index in [1.54, 1.807) is 22.5 Å². The summed E-state index contributed by atoms with van der Waals surface area (Å²) >= 11 is 3.31. The molecule has 102 valence electrons. The van der Waals surface area contributed by atoms with Gasteiger partial charge in [-0.05, 0) is 34.0 Å². The molecule has 0 heterocycles. The molecule has 3 nitrogen and oxygen atoms in total. The Bertz CT molecular complexity index is 488. The molecule has 1 aromatic rings. The first-order valence-electron chi connectivity index (χ1n) is 6.18. The molecular weight excluding hydrogens is 314 g/mol. The molecule has 0 amide bonds. The molecule has 0 N–H and O–H groups in total. The van der Waals surface area contributed by atoms with Crippen molar-refractivity contribution in [2.75, 3.05) is 13.1 Å². The largest absolute Gasteiger partial charge is 0.244 e. The maximum atomic E-state index is 12.5. The summed E-state index contributed by atoms with van der Waals surface area (Å²) in [6, 6.07) is 6.95. The van der Waals surface area contributed by atoms with Crippen molar-refractivity contribution in [3.8, 4) is 0 Å². The standard InChI is InChI=1S/C13H20BrNO2S/c1-4-11(3)10-15(5-2)18(16,17)13-9-7-6-8-12(13)14/h6-9,11H,4-5,10H2,1-3H3. The van der Waals surface area contributed by atoms with Gasteiger partial charge in [0.05, 0.1) is 4.90 Å². The number of nitrogens with zero attached hydrogens (tertiary/aromatic N) is 1. The fourth-order valence-corrected chi connectivity index (χ4v) is 4.20. The zero-order valence-corrected chi connectivity index (χ0v) is 13.5. The summed E-state index contributed by atoms with van der Waals surface area (Å²) in [5.74, 6) is 0.363. The number of benzene rings is 1. The summed E-state index contributed by atoms with van der Waals surface area (Å²) in [5.41, 5.74) is 0. The minimum absolute atomic E-state index is 0.343. The van der Waals surface area contributed by atoms with Crippen LogP contribution in [-0.2, 0) is 10.0 Å². The molecule has 0 saturated carbocycles. The van der Waals surface area contributed by atoms with Gasteiger partial charge in [-0.3, -0.25) is 0 Å². The smallest absolute Gasteiger partial charge is 0.207 e. The van der Waals surface area contributed by atoms with E-state index in [2.05, 4.69) is 29.8 Å². The highest BCUT2D eigenvalue weighted by Gasteiger charge is 2.25. The number of hydrogen-bond donors (Lipinski definition) is 0. The lowest BCUT2D eigenvalue weighted by atomic mass is 10.1. The van der Waals surface area contributed by atoms with Crippen LogP contribution in [0.15, 0.2) is 33.6 Å². The van der Waals surface area contributed by atoms with E-state index in [9.17, 15) is 8.42 Å². The Morgan fingerprint density at radius 3 is 2.39 bits per heavy atom. The third-order valence-corrected chi connectivity index (χ3v) is 5.97. The van der Waals surface area contributed by atoms with E-state index in [0.29, 0.717) is 28.4 Å². The van der Waals surface area contributed by atoms with Crippen molar-refractivity contribution in [2.24, 2.45) is 5.92 Å². The van der Waals surface area contributed by atoms with Gasteiger partial charge >= 0.3 is 0 Å². The molecule has 18 heavy (non-hydrogen) atoms. The van der Waals surface area contributed by atoms with Crippen molar-refractivity contribution in [1.82, 2.24) is 4.31 Å². The van der Waals surface area contributed by atoms with Gasteiger partial charge in [0.25, 0.3) is 0 Å². The van der Waals surface area contributed by atoms with Crippen LogP contribution in [0, 0.1) is 5.92 Å². The van der Waals surface area contributed by atoms with Crippen LogP contribution in [0.4, 0.5) is 0 Å². The second kappa shape index (κ2) is 6.68. The molecule has 0 spiro atoms. The molecule has 5 heteroatoms. The van der Waals surface area contributed by atoms with E-state index in [-0.39, 0.29) is 0 Å². The zero-order valence-electron chi connectivity index (χ0n) is 11.1. The summed E-state index contributed by atoms with van der Waals surface area (Å²) in [7, 11) is -3.40. The van der Waals surface area contributed by atoms with Crippen molar-refractivity contribution < 1.29 is 8.42 Å². The Labute approximate surface area is 118 Å². The number of sulfonamides is 1. The molecule has 0 aliphatic heterocycles. The first-order valence-corrected chi connectivity index (χ1v) is 8.41. The average Bonchev–Trinajstić information content (AvgIpc) is 2.35. The second-order valence-electron chi connectivity index (χ2n) is 4.40. The van der Waals surface area contributed by atoms with Gasteiger partial charge in [-0.25, -0.2) is 8.42 Å². The molecule has 1 aromatic carbocycles. The van der Waals surface area contributed by atoms with Crippen molar-refractivity contribution in [2.45, 2.75) is 32.1 Å². The van der Waals surface area contributed by atoms with Crippen LogP contribution in [-0.4, -0.2) is 25.8 Å². The molecule has 0 aromatic heterocycles. The van der Waals surface area contributed by atoms with Gasteiger partial charge in [-0.1, -0.05) is 39.3 Å². The maximum absolute atomic E-state index is 12.5. The SMILES string of the molecule is CCC(C)CN(CC)S(=O)(=O)c1ccccc1Br. The van der Waals surface area contributed by atoms with Gasteiger partial charge < -0.3 is 0 Å². The Morgan fingerprint density at radius 1 is 1.28 bits per heavy atom. The minimum atomic E-state index is -3.40. The van der Waals surface area contributed by atoms with E-state index < -0.39 is 10.0 Å². The average molecular weight is 334 g/mol. The molecule has 1 atom stereocenters. The van der Waals surface area contributed by atoms with E-state index in [1.165, 1.54) is 0 Å². The second-order valence-corrected chi connectivity index (χ2v) is 7.16. The lowest BCUT2D eigenvalue weighted by molar-refractivity contribution is 0.361. The van der Waals surface area contributed by atoms with Gasteiger partial charge in [0, 0.05) is 17.6 Å². The highest BCUT2D eigenvalue weighted by atomic mass is 79.9. The van der Waals surface area contributed by atoms with Crippen LogP contribution in [0.2, 0.25) is 0 Å². The molecular formula is C13H20BrNO2S. The predicted octanol–water partition coefficient (Wildman–Crippen LogP) is 3.51. The third-order valence-electron chi connectivity index (χ3n) is 3.02. The monoisotopic (exact) mass is 333 g/mol. The first-order chi connectivity index (χ1) is 8.43. The minimum Gasteiger partial charge on any atom is -0.207 e. The summed E-state index contributed by atoms with van der Waals surface area (Å²) in [6.07, 6.45) is 0.974. The van der Waals surface area contributed by atoms with Gasteiger partial charge in [0.15, 0.2) is 0 Å². The van der Waals surface area contributed by atoms with Crippen LogP contribution < -0.4 is 0 Å². The Hall–Kier alpha value is -0.390. The fourth-order valence-electron chi connectivity index (χ4n) is 1.67. The van der Waals surface area contributed by atoms with Crippen LogP contribution >= 0.6 is 15.9 Å². The number of halogens is 1. The van der Waals surface area contributed by atoms with E-state index >= 15 is 0 Å². The molecule has 0 bridgehead atoms. The number of hydrogen-bond acceptors (Lipinski definition) is 2. The topological polar surface area (TPSA) is 37.4 Å². The molecule has 1 unspecified atom stereocenters. The molecule has 0 aliphatic carbocycles. The van der Waals surface area contributed by atoms with Gasteiger partial charge in [-0.15, -0.1) is 0 Å². The van der Waals surface area contributed by atoms with Crippen molar-refractivity contribution in [3.05, 3.63) is 28.7 Å². The van der Waals surface area contributed by atoms with Gasteiger partial charge in [0.1, 0.15) is 0 Å². The summed E-state index contributed by atoms with van der Waals surface area (Å²) in [4.78, 5) is 0.343. The Morgan fingerprint density at radius 2 is 1.89 bits per heavy atom. The van der Waals surface area contributed by atoms with E-state index in [0.717, 1.165) is 6.42 Å². The fraction of sp³-hybridized carbons (Fsp3) is 0.538. The highest BCUT2D eigenvalue weighted by molar-refractivity contribution is 9.10. The normalized spacial score (nSPS) is 13.8. The molecule has 1 rings (SSSR count). The van der Waals surface area contributed by atoms with Crippen LogP contribution in [0.5, 0.6) is 0 Å². The van der Waals surface area contributed by atoms with Gasteiger partial charge in [-0.2, -0.15) is 4.31 Å². The zero-order chi connectivity index (χ0) is 13.8. The Balaban J connectivity index is 3.08. The first kappa shape index (κ1) is 15.7. The maximum Gasteiger partial charge on any atom is 0.244 e. The van der Waals surface area contributed by atoms with Gasteiger partial charge in [0.2, 0.25) is 10.0 Å². The highest BCUT2D eigenvalue weighted by Crippen LogP contribution is 2.25. The van der Waals surface area contributed by atoms with E-state index in [4.69, 9.17) is 0 Å². The summed E-state index contributed by atoms with van der Waals surface area (Å²) in [6.45, 7) is 7.07. The molecule has 0 saturated heterocycles. The number of rotatable bonds is 6. The Kier molecular flexibility index (Phi) is 5.82. The molecule has 0 aliphatic rings. The lowest BCUT2D eigenvalue weighted by Gasteiger charge is -2.24. The molecule has 0 radical (unpaired) electrons. The molecule has 0 fully saturated rings. The van der Waals surface area contributed by atoms with Crippen LogP contribution in [0.25, 0.3) is 0 Å². The third kappa shape index (κ3) is 3.56. The van der Waals surface area contributed by atoms with Crippen molar-refractivity contribution >= 4 is 26.0 Å². The van der Waals surface area contributed by atoms with Crippen molar-refractivity contribution in [1.29, 1.82) is 0 Å². The van der Waals surface area contributed by atoms with Crippen LogP contribution in [0.3, 0.4) is 0 Å². The predicted molar refractivity (Wildman–Crippen MR) is 78.0 cm³/mol. The van der Waals surface area contributed by atoms with E-state index in [1.807, 2.05) is 13.0 Å². The summed E-state index contributed by atoms with van der Waals surface area (Å²) < 4.78 is 27.2. The van der Waals surface area contributed by atoms with Crippen molar-refractivity contribution in [3.63, 3.8) is 0 Å². The quantitative estimate of drug-likeness (QED) is 0.798. The summed E-state index contributed by atoms with van der Waals surface area (Å²) in [5, 5.41) is 0. The lowest BCUT2D eigenvalue weighted by Crippen LogP contribution is -2.34. The van der Waals surface area contributed by atoms with Crippen LogP contribution in [0.1, 0.15) is 27.2 Å².